The molecule has 0 amide bonds. The second-order valence-electron chi connectivity index (χ2n) is 2.78. The molecule has 0 aromatic carbocycles. The number of rotatable bonds is 2. The summed E-state index contributed by atoms with van der Waals surface area (Å²) < 4.78 is 0. The van der Waals surface area contributed by atoms with Gasteiger partial charge in [-0.3, -0.25) is 0 Å². The first-order chi connectivity index (χ1) is 6.15. The highest BCUT2D eigenvalue weighted by atomic mass is 14.9. The van der Waals surface area contributed by atoms with Gasteiger partial charge in [-0.15, -0.1) is 0 Å². The topological polar surface area (TPSA) is 90.9 Å². The molecule has 0 spiro atoms. The van der Waals surface area contributed by atoms with Crippen LogP contribution in [0.2, 0.25) is 0 Å². The van der Waals surface area contributed by atoms with E-state index in [1.807, 2.05) is 19.1 Å². The van der Waals surface area contributed by atoms with E-state index in [4.69, 9.17) is 17.2 Å². The second-order valence-corrected chi connectivity index (χ2v) is 2.78. The number of nitrogens with two attached hydrogens (primary N) is 3. The van der Waals surface area contributed by atoms with Gasteiger partial charge >= 0.3 is 0 Å². The van der Waals surface area contributed by atoms with Gasteiger partial charge in [-0.25, -0.2) is 4.98 Å². The summed E-state index contributed by atoms with van der Waals surface area (Å²) in [5, 5.41) is 0. The predicted octanol–water partition coefficient (Wildman–Crippen LogP) is 0.526. The van der Waals surface area contributed by atoms with E-state index in [1.165, 1.54) is 0 Å². The summed E-state index contributed by atoms with van der Waals surface area (Å²) in [6.07, 6.45) is 3.73. The zero-order chi connectivity index (χ0) is 9.84. The molecule has 1 rings (SSSR count). The van der Waals surface area contributed by atoms with Crippen molar-refractivity contribution < 1.29 is 0 Å². The van der Waals surface area contributed by atoms with E-state index in [0.717, 1.165) is 11.3 Å². The quantitative estimate of drug-likeness (QED) is 0.616. The van der Waals surface area contributed by atoms with E-state index >= 15 is 0 Å². The molecule has 0 unspecified atom stereocenters. The molecule has 0 radical (unpaired) electrons. The van der Waals surface area contributed by atoms with Crippen LogP contribution in [0.3, 0.4) is 0 Å². The molecule has 0 bridgehead atoms. The molecule has 0 atom stereocenters. The number of hydrogen-bond donors (Lipinski definition) is 3. The Balaban J connectivity index is 3.08. The van der Waals surface area contributed by atoms with Gasteiger partial charge in [0.2, 0.25) is 0 Å². The third-order valence-electron chi connectivity index (χ3n) is 1.75. The lowest BCUT2D eigenvalue weighted by atomic mass is 10.1. The van der Waals surface area contributed by atoms with Crippen LogP contribution in [0.4, 0.5) is 11.5 Å². The number of aromatic nitrogens is 1. The molecule has 6 N–H and O–H groups in total. The molecule has 0 aliphatic rings. The summed E-state index contributed by atoms with van der Waals surface area (Å²) in [6, 6.07) is 1.80. The number of pyridine rings is 1. The predicted molar refractivity (Wildman–Crippen MR) is 55.9 cm³/mol. The molecule has 0 saturated heterocycles. The van der Waals surface area contributed by atoms with E-state index in [2.05, 4.69) is 4.98 Å². The highest BCUT2D eigenvalue weighted by Crippen LogP contribution is 2.17. The minimum Gasteiger partial charge on any atom is -0.396 e. The molecule has 1 aromatic rings. The molecule has 0 aliphatic carbocycles. The van der Waals surface area contributed by atoms with E-state index in [-0.39, 0.29) is 0 Å². The summed E-state index contributed by atoms with van der Waals surface area (Å²) in [7, 11) is 0. The molecule has 13 heavy (non-hydrogen) atoms. The lowest BCUT2D eigenvalue weighted by Crippen LogP contribution is -2.01. The number of aryl methyl sites for hydroxylation is 1. The molecular weight excluding hydrogens is 164 g/mol. The van der Waals surface area contributed by atoms with Crippen molar-refractivity contribution in [3.63, 3.8) is 0 Å². The third-order valence-corrected chi connectivity index (χ3v) is 1.75. The highest BCUT2D eigenvalue weighted by molar-refractivity contribution is 5.65. The van der Waals surface area contributed by atoms with Gasteiger partial charge in [0.15, 0.2) is 0 Å². The highest BCUT2D eigenvalue weighted by Gasteiger charge is 2.00. The van der Waals surface area contributed by atoms with E-state index < -0.39 is 0 Å². The Morgan fingerprint density at radius 2 is 2.15 bits per heavy atom. The van der Waals surface area contributed by atoms with Gasteiger partial charge in [0.25, 0.3) is 0 Å². The third kappa shape index (κ3) is 2.19. The molecule has 0 fully saturated rings. The van der Waals surface area contributed by atoms with Crippen LogP contribution in [-0.4, -0.2) is 11.5 Å². The zero-order valence-electron chi connectivity index (χ0n) is 7.62. The van der Waals surface area contributed by atoms with Crippen molar-refractivity contribution in [1.82, 2.24) is 4.98 Å². The van der Waals surface area contributed by atoms with Gasteiger partial charge < -0.3 is 17.2 Å². The van der Waals surface area contributed by atoms with Gasteiger partial charge in [-0.1, -0.05) is 12.2 Å². The Kier molecular flexibility index (Phi) is 2.87. The zero-order valence-corrected chi connectivity index (χ0v) is 7.62. The van der Waals surface area contributed by atoms with Gasteiger partial charge in [0.1, 0.15) is 5.82 Å². The SMILES string of the molecule is Cc1nc(N)c(N)cc1C=CCN. The molecular formula is C9H14N4. The van der Waals surface area contributed by atoms with Crippen LogP contribution in [0.1, 0.15) is 11.3 Å². The standard InChI is InChI=1S/C9H14N4/c1-6-7(3-2-4-10)5-8(11)9(12)13-6/h2-3,5H,4,10-11H2,1H3,(H2,12,13). The smallest absolute Gasteiger partial charge is 0.146 e. The molecule has 1 heterocycles. The number of nitrogens with zero attached hydrogens (tertiary/aromatic N) is 1. The number of nitrogen functional groups attached to an aromatic ring is 2. The van der Waals surface area contributed by atoms with Crippen LogP contribution in [0, 0.1) is 6.92 Å². The maximum atomic E-state index is 5.61. The van der Waals surface area contributed by atoms with Crippen molar-refractivity contribution in [2.75, 3.05) is 18.0 Å². The summed E-state index contributed by atoms with van der Waals surface area (Å²) in [4.78, 5) is 4.09. The maximum absolute atomic E-state index is 5.61. The minimum absolute atomic E-state index is 0.377. The van der Waals surface area contributed by atoms with Crippen LogP contribution in [0.15, 0.2) is 12.1 Å². The van der Waals surface area contributed by atoms with Crippen LogP contribution in [0.25, 0.3) is 6.08 Å². The molecule has 4 heteroatoms. The van der Waals surface area contributed by atoms with Gasteiger partial charge in [-0.05, 0) is 18.6 Å². The van der Waals surface area contributed by atoms with Crippen molar-refractivity contribution in [1.29, 1.82) is 0 Å². The summed E-state index contributed by atoms with van der Waals surface area (Å²) in [5.74, 6) is 0.377. The van der Waals surface area contributed by atoms with E-state index in [0.29, 0.717) is 18.1 Å². The largest absolute Gasteiger partial charge is 0.396 e. The maximum Gasteiger partial charge on any atom is 0.146 e. The molecule has 0 saturated carbocycles. The van der Waals surface area contributed by atoms with E-state index in [1.54, 1.807) is 6.07 Å². The van der Waals surface area contributed by atoms with Crippen LogP contribution in [-0.2, 0) is 0 Å². The second kappa shape index (κ2) is 3.91. The van der Waals surface area contributed by atoms with Gasteiger partial charge in [0.05, 0.1) is 5.69 Å². The van der Waals surface area contributed by atoms with Crippen molar-refractivity contribution in [3.05, 3.63) is 23.4 Å². The lowest BCUT2D eigenvalue weighted by molar-refractivity contribution is 1.20. The van der Waals surface area contributed by atoms with Gasteiger partial charge in [-0.2, -0.15) is 0 Å². The molecule has 0 aliphatic heterocycles. The van der Waals surface area contributed by atoms with Gasteiger partial charge in [0, 0.05) is 12.2 Å². The Bertz CT molecular complexity index is 331. The fourth-order valence-corrected chi connectivity index (χ4v) is 1.02. The Labute approximate surface area is 77.4 Å². The lowest BCUT2D eigenvalue weighted by Gasteiger charge is -2.04. The van der Waals surface area contributed by atoms with Crippen LogP contribution in [0.5, 0.6) is 0 Å². The monoisotopic (exact) mass is 178 g/mol. The molecule has 70 valence electrons. The Morgan fingerprint density at radius 3 is 2.77 bits per heavy atom. The van der Waals surface area contributed by atoms with Crippen molar-refractivity contribution in [3.8, 4) is 0 Å². The van der Waals surface area contributed by atoms with Crippen molar-refractivity contribution in [2.45, 2.75) is 6.92 Å². The summed E-state index contributed by atoms with van der Waals surface area (Å²) in [6.45, 7) is 2.38. The molecule has 4 nitrogen and oxygen atoms in total. The fourth-order valence-electron chi connectivity index (χ4n) is 1.02. The van der Waals surface area contributed by atoms with Crippen LogP contribution < -0.4 is 17.2 Å². The fraction of sp³-hybridized carbons (Fsp3) is 0.222. The number of hydrogen-bond acceptors (Lipinski definition) is 4. The summed E-state index contributed by atoms with van der Waals surface area (Å²) >= 11 is 0. The van der Waals surface area contributed by atoms with Crippen LogP contribution >= 0.6 is 0 Å². The molecule has 1 aromatic heterocycles. The first-order valence-corrected chi connectivity index (χ1v) is 4.04. The summed E-state index contributed by atoms with van der Waals surface area (Å²) in [5.41, 5.74) is 18.8. The average Bonchev–Trinajstić information content (AvgIpc) is 2.09. The first-order valence-electron chi connectivity index (χ1n) is 4.04. The average molecular weight is 178 g/mol. The first kappa shape index (κ1) is 9.54. The van der Waals surface area contributed by atoms with Crippen molar-refractivity contribution in [2.24, 2.45) is 5.73 Å². The van der Waals surface area contributed by atoms with Crippen molar-refractivity contribution >= 4 is 17.6 Å². The van der Waals surface area contributed by atoms with E-state index in [9.17, 15) is 0 Å². The number of anilines is 2. The minimum atomic E-state index is 0.377. The Hall–Kier alpha value is -1.55. The normalized spacial score (nSPS) is 10.9. The Morgan fingerprint density at radius 1 is 1.46 bits per heavy atom.